The smallest absolute Gasteiger partial charge is 0.251 e. The number of aromatic nitrogens is 1. The van der Waals surface area contributed by atoms with Gasteiger partial charge >= 0.3 is 0 Å². The maximum absolute atomic E-state index is 11.7. The van der Waals surface area contributed by atoms with Crippen LogP contribution in [-0.2, 0) is 11.3 Å². The van der Waals surface area contributed by atoms with Crippen molar-refractivity contribution >= 4 is 34.2 Å². The van der Waals surface area contributed by atoms with Crippen LogP contribution in [0.25, 0.3) is 0 Å². The molecular weight excluding hydrogens is 334 g/mol. The van der Waals surface area contributed by atoms with Crippen LogP contribution in [0, 0.1) is 5.92 Å². The second kappa shape index (κ2) is 7.07. The van der Waals surface area contributed by atoms with E-state index in [1.165, 1.54) is 10.6 Å². The number of nitrogens with zero attached hydrogens (tertiary/aromatic N) is 1. The molecule has 5 nitrogen and oxygen atoms in total. The van der Waals surface area contributed by atoms with Crippen LogP contribution in [0.3, 0.4) is 0 Å². The van der Waals surface area contributed by atoms with E-state index in [9.17, 15) is 9.59 Å². The van der Waals surface area contributed by atoms with E-state index in [-0.39, 0.29) is 36.5 Å². The topological polar surface area (TPSA) is 77.1 Å². The van der Waals surface area contributed by atoms with E-state index in [2.05, 4.69) is 21.2 Å². The lowest BCUT2D eigenvalue weighted by atomic mass is 10.2. The number of hydrogen-bond donors (Lipinski definition) is 2. The van der Waals surface area contributed by atoms with Crippen LogP contribution in [0.2, 0.25) is 0 Å². The maximum atomic E-state index is 11.7. The molecule has 2 rings (SSSR count). The van der Waals surface area contributed by atoms with Gasteiger partial charge in [0.25, 0.3) is 5.56 Å². The van der Waals surface area contributed by atoms with Crippen LogP contribution in [0.5, 0.6) is 0 Å². The zero-order valence-electron chi connectivity index (χ0n) is 10.3. The molecule has 1 unspecified atom stereocenters. The Morgan fingerprint density at radius 2 is 2.21 bits per heavy atom. The Labute approximate surface area is 126 Å². The van der Waals surface area contributed by atoms with Crippen molar-refractivity contribution in [2.75, 3.05) is 6.54 Å². The molecule has 1 atom stereocenters. The van der Waals surface area contributed by atoms with Crippen LogP contribution >= 0.6 is 28.3 Å². The highest BCUT2D eigenvalue weighted by Crippen LogP contribution is 2.31. The molecule has 0 radical (unpaired) electrons. The molecule has 19 heavy (non-hydrogen) atoms. The van der Waals surface area contributed by atoms with Gasteiger partial charge in [0.05, 0.1) is 0 Å². The van der Waals surface area contributed by atoms with Crippen LogP contribution < -0.4 is 16.6 Å². The molecule has 3 N–H and O–H groups in total. The molecule has 0 aliphatic heterocycles. The van der Waals surface area contributed by atoms with E-state index >= 15 is 0 Å². The summed E-state index contributed by atoms with van der Waals surface area (Å²) in [7, 11) is 0. The van der Waals surface area contributed by atoms with Gasteiger partial charge < -0.3 is 15.6 Å². The van der Waals surface area contributed by atoms with Gasteiger partial charge in [-0.05, 0) is 40.8 Å². The van der Waals surface area contributed by atoms with Crippen LogP contribution in [-0.4, -0.2) is 23.1 Å². The predicted octanol–water partition coefficient (Wildman–Crippen LogP) is 0.886. The molecule has 1 heterocycles. The number of pyridine rings is 1. The number of halogens is 2. The molecule has 1 aromatic heterocycles. The lowest BCUT2D eigenvalue weighted by molar-refractivity contribution is -0.121. The van der Waals surface area contributed by atoms with Crippen molar-refractivity contribution < 1.29 is 4.79 Å². The summed E-state index contributed by atoms with van der Waals surface area (Å²) in [6, 6.07) is 3.11. The highest BCUT2D eigenvalue weighted by molar-refractivity contribution is 9.10. The molecular formula is C12H17BrClN3O2. The average Bonchev–Trinajstić information content (AvgIpc) is 3.15. The van der Waals surface area contributed by atoms with Crippen molar-refractivity contribution in [2.45, 2.75) is 25.4 Å². The van der Waals surface area contributed by atoms with Crippen molar-refractivity contribution in [2.24, 2.45) is 11.7 Å². The van der Waals surface area contributed by atoms with E-state index in [0.717, 1.165) is 17.3 Å². The Bertz CT molecular complexity index is 502. The third-order valence-electron chi connectivity index (χ3n) is 3.02. The maximum Gasteiger partial charge on any atom is 0.251 e. The molecule has 1 aliphatic rings. The standard InChI is InChI=1S/C12H16BrN3O2.ClH/c13-9-3-4-12(18)16(6-9)7-11(17)15-5-10(14)8-1-2-8;/h3-4,6,8,10H,1-2,5,7,14H2,(H,15,17);1H. The molecule has 0 bridgehead atoms. The molecule has 0 aromatic carbocycles. The Balaban J connectivity index is 0.00000180. The highest BCUT2D eigenvalue weighted by Gasteiger charge is 2.28. The van der Waals surface area contributed by atoms with Gasteiger partial charge in [-0.3, -0.25) is 9.59 Å². The van der Waals surface area contributed by atoms with Gasteiger partial charge in [-0.2, -0.15) is 0 Å². The van der Waals surface area contributed by atoms with Crippen molar-refractivity contribution in [3.63, 3.8) is 0 Å². The largest absolute Gasteiger partial charge is 0.353 e. The second-order valence-corrected chi connectivity index (χ2v) is 5.53. The molecule has 0 spiro atoms. The quantitative estimate of drug-likeness (QED) is 0.828. The first-order chi connectivity index (χ1) is 8.56. The van der Waals surface area contributed by atoms with Crippen molar-refractivity contribution in [3.8, 4) is 0 Å². The first-order valence-electron chi connectivity index (χ1n) is 5.94. The van der Waals surface area contributed by atoms with Gasteiger partial charge in [-0.1, -0.05) is 0 Å². The lowest BCUT2D eigenvalue weighted by Gasteiger charge is -2.12. The minimum atomic E-state index is -0.195. The molecule has 1 aromatic rings. The summed E-state index contributed by atoms with van der Waals surface area (Å²) in [4.78, 5) is 23.2. The van der Waals surface area contributed by atoms with E-state index in [1.807, 2.05) is 0 Å². The number of hydrogen-bond acceptors (Lipinski definition) is 3. The Morgan fingerprint density at radius 1 is 1.53 bits per heavy atom. The SMILES string of the molecule is Cl.NC(CNC(=O)Cn1cc(Br)ccc1=O)C1CC1. The highest BCUT2D eigenvalue weighted by atomic mass is 79.9. The first-order valence-corrected chi connectivity index (χ1v) is 6.74. The predicted molar refractivity (Wildman–Crippen MR) is 79.4 cm³/mol. The zero-order chi connectivity index (χ0) is 13.1. The fourth-order valence-electron chi connectivity index (χ4n) is 1.76. The summed E-state index contributed by atoms with van der Waals surface area (Å²) < 4.78 is 2.13. The summed E-state index contributed by atoms with van der Waals surface area (Å²) >= 11 is 3.26. The van der Waals surface area contributed by atoms with E-state index < -0.39 is 0 Å². The summed E-state index contributed by atoms with van der Waals surface area (Å²) in [5, 5.41) is 2.76. The Kier molecular flexibility index (Phi) is 6.03. The molecule has 1 aliphatic carbocycles. The second-order valence-electron chi connectivity index (χ2n) is 4.62. The minimum Gasteiger partial charge on any atom is -0.353 e. The number of rotatable bonds is 5. The minimum absolute atomic E-state index is 0. The van der Waals surface area contributed by atoms with Crippen LogP contribution in [0.4, 0.5) is 0 Å². The fourth-order valence-corrected chi connectivity index (χ4v) is 2.14. The summed E-state index contributed by atoms with van der Waals surface area (Å²) in [5.41, 5.74) is 5.69. The number of nitrogens with two attached hydrogens (primary N) is 1. The molecule has 7 heteroatoms. The van der Waals surface area contributed by atoms with E-state index in [4.69, 9.17) is 5.73 Å². The van der Waals surface area contributed by atoms with Gasteiger partial charge in [0, 0.05) is 29.3 Å². The molecule has 106 valence electrons. The normalized spacial score (nSPS) is 15.5. The van der Waals surface area contributed by atoms with Gasteiger partial charge in [-0.15, -0.1) is 12.4 Å². The number of carbonyl (C=O) groups is 1. The van der Waals surface area contributed by atoms with Crippen LogP contribution in [0.15, 0.2) is 27.6 Å². The lowest BCUT2D eigenvalue weighted by Crippen LogP contribution is -2.40. The number of amides is 1. The molecule has 1 fully saturated rings. The Morgan fingerprint density at radius 3 is 2.84 bits per heavy atom. The van der Waals surface area contributed by atoms with Gasteiger partial charge in [0.1, 0.15) is 6.54 Å². The monoisotopic (exact) mass is 349 g/mol. The van der Waals surface area contributed by atoms with Gasteiger partial charge in [0.15, 0.2) is 0 Å². The third-order valence-corrected chi connectivity index (χ3v) is 3.49. The van der Waals surface area contributed by atoms with Gasteiger partial charge in [-0.25, -0.2) is 0 Å². The molecule has 1 saturated carbocycles. The summed E-state index contributed by atoms with van der Waals surface area (Å²) in [6.45, 7) is 0.502. The molecule has 0 saturated heterocycles. The average molecular weight is 351 g/mol. The summed E-state index contributed by atoms with van der Waals surface area (Å²) in [6.07, 6.45) is 3.91. The van der Waals surface area contributed by atoms with E-state index in [1.54, 1.807) is 12.3 Å². The van der Waals surface area contributed by atoms with Gasteiger partial charge in [0.2, 0.25) is 5.91 Å². The van der Waals surface area contributed by atoms with Crippen LogP contribution in [0.1, 0.15) is 12.8 Å². The van der Waals surface area contributed by atoms with Crippen molar-refractivity contribution in [1.29, 1.82) is 0 Å². The Hall–Kier alpha value is -0.850. The van der Waals surface area contributed by atoms with E-state index in [0.29, 0.717) is 12.5 Å². The van der Waals surface area contributed by atoms with Crippen molar-refractivity contribution in [3.05, 3.63) is 33.2 Å². The zero-order valence-corrected chi connectivity index (χ0v) is 12.7. The number of nitrogens with one attached hydrogen (secondary N) is 1. The summed E-state index contributed by atoms with van der Waals surface area (Å²) in [5.74, 6) is 0.366. The van der Waals surface area contributed by atoms with Crippen molar-refractivity contribution in [1.82, 2.24) is 9.88 Å². The fraction of sp³-hybridized carbons (Fsp3) is 0.500. The first kappa shape index (κ1) is 16.2. The molecule has 1 amide bonds. The number of carbonyl (C=O) groups excluding carboxylic acids is 1. The third kappa shape index (κ3) is 4.97.